The van der Waals surface area contributed by atoms with Crippen LogP contribution >= 0.6 is 22.6 Å². The molecule has 164 valence electrons. The van der Waals surface area contributed by atoms with Gasteiger partial charge in [0.1, 0.15) is 9.87 Å². The van der Waals surface area contributed by atoms with Crippen LogP contribution in [-0.4, -0.2) is 64.2 Å². The number of morpholine rings is 1. The zero-order valence-corrected chi connectivity index (χ0v) is 19.5. The third-order valence-corrected chi connectivity index (χ3v) is 6.33. The van der Waals surface area contributed by atoms with Gasteiger partial charge in [-0.25, -0.2) is 14.8 Å². The van der Waals surface area contributed by atoms with E-state index in [-0.39, 0.29) is 10.1 Å². The lowest BCUT2D eigenvalue weighted by atomic mass is 10.0. The number of nitrogens with zero attached hydrogens (tertiary/aromatic N) is 4. The van der Waals surface area contributed by atoms with Crippen LogP contribution in [0.4, 0.5) is 16.3 Å². The zero-order chi connectivity index (χ0) is 21.8. The Morgan fingerprint density at radius 3 is 2.81 bits per heavy atom. The molecule has 10 heteroatoms. The Labute approximate surface area is 194 Å². The second-order valence-corrected chi connectivity index (χ2v) is 8.82. The molecule has 2 aromatic rings. The number of amides is 3. The van der Waals surface area contributed by atoms with Crippen molar-refractivity contribution >= 4 is 46.5 Å². The van der Waals surface area contributed by atoms with Gasteiger partial charge in [0.25, 0.3) is 0 Å². The number of benzene rings is 1. The van der Waals surface area contributed by atoms with E-state index in [1.165, 1.54) is 0 Å². The van der Waals surface area contributed by atoms with E-state index in [0.29, 0.717) is 44.4 Å². The van der Waals surface area contributed by atoms with Crippen molar-refractivity contribution in [3.05, 3.63) is 35.5 Å². The Morgan fingerprint density at radius 2 is 2.10 bits per heavy atom. The van der Waals surface area contributed by atoms with Crippen molar-refractivity contribution < 1.29 is 14.3 Å². The highest BCUT2D eigenvalue weighted by Gasteiger charge is 2.29. The van der Waals surface area contributed by atoms with Crippen LogP contribution in [0, 0.1) is 0 Å². The lowest BCUT2D eigenvalue weighted by Gasteiger charge is -2.36. The average Bonchev–Trinajstić information content (AvgIpc) is 2.79. The monoisotopic (exact) mass is 536 g/mol. The predicted octanol–water partition coefficient (Wildman–Crippen LogP) is 2.40. The van der Waals surface area contributed by atoms with Gasteiger partial charge in [-0.3, -0.25) is 4.79 Å². The first-order chi connectivity index (χ1) is 15.1. The van der Waals surface area contributed by atoms with E-state index in [4.69, 9.17) is 14.7 Å². The molecule has 1 fully saturated rings. The fourth-order valence-corrected chi connectivity index (χ4v) is 4.53. The van der Waals surface area contributed by atoms with Crippen molar-refractivity contribution in [1.82, 2.24) is 20.2 Å². The van der Waals surface area contributed by atoms with E-state index in [1.54, 1.807) is 4.90 Å². The predicted molar refractivity (Wildman–Crippen MR) is 126 cm³/mol. The van der Waals surface area contributed by atoms with Gasteiger partial charge in [-0.05, 0) is 37.6 Å². The number of halogens is 1. The molecule has 4 rings (SSSR count). The van der Waals surface area contributed by atoms with Gasteiger partial charge in [-0.1, -0.05) is 22.6 Å². The van der Waals surface area contributed by atoms with Crippen LogP contribution in [0.5, 0.6) is 0 Å². The van der Waals surface area contributed by atoms with Crippen LogP contribution in [-0.2, 0) is 22.5 Å². The number of nitrogens with one attached hydrogen (secondary N) is 2. The van der Waals surface area contributed by atoms with E-state index in [9.17, 15) is 9.59 Å². The quantitative estimate of drug-likeness (QED) is 0.264. The molecule has 3 heterocycles. The molecule has 2 aliphatic rings. The molecule has 0 aliphatic carbocycles. The van der Waals surface area contributed by atoms with E-state index in [2.05, 4.69) is 38.1 Å². The minimum absolute atomic E-state index is 0.186. The molecule has 9 nitrogen and oxygen atoms in total. The summed E-state index contributed by atoms with van der Waals surface area (Å²) in [5.74, 6) is 1.54. The van der Waals surface area contributed by atoms with Crippen molar-refractivity contribution in [1.29, 1.82) is 0 Å². The fraction of sp³-hybridized carbons (Fsp3) is 0.429. The number of carbonyl (C=O) groups is 2. The average molecular weight is 536 g/mol. The maximum atomic E-state index is 11.7. The molecule has 1 aromatic carbocycles. The van der Waals surface area contributed by atoms with Gasteiger partial charge in [0.05, 0.1) is 25.5 Å². The third kappa shape index (κ3) is 4.90. The smallest absolute Gasteiger partial charge is 0.319 e. The first kappa shape index (κ1) is 21.8. The number of urea groups is 1. The lowest BCUT2D eigenvalue weighted by molar-refractivity contribution is -0.119. The van der Waals surface area contributed by atoms with Gasteiger partial charge >= 0.3 is 6.03 Å². The van der Waals surface area contributed by atoms with Crippen LogP contribution in [0.2, 0.25) is 0 Å². The highest BCUT2D eigenvalue weighted by molar-refractivity contribution is 14.1. The maximum absolute atomic E-state index is 11.7. The van der Waals surface area contributed by atoms with Crippen molar-refractivity contribution in [2.24, 2.45) is 0 Å². The summed E-state index contributed by atoms with van der Waals surface area (Å²) in [6, 6.07) is 7.22. The molecule has 2 aliphatic heterocycles. The molecule has 31 heavy (non-hydrogen) atoms. The molecule has 0 bridgehead atoms. The summed E-state index contributed by atoms with van der Waals surface area (Å²) in [6.45, 7) is 5.66. The Hall–Kier alpha value is -2.47. The first-order valence-corrected chi connectivity index (χ1v) is 11.6. The summed E-state index contributed by atoms with van der Waals surface area (Å²) in [5.41, 5.74) is 3.55. The van der Waals surface area contributed by atoms with Crippen molar-refractivity contribution in [2.75, 3.05) is 43.1 Å². The minimum Gasteiger partial charge on any atom is -0.377 e. The molecular weight excluding hydrogens is 511 g/mol. The normalized spacial score (nSPS) is 18.3. The molecule has 0 spiro atoms. The van der Waals surface area contributed by atoms with E-state index >= 15 is 0 Å². The van der Waals surface area contributed by atoms with Crippen molar-refractivity contribution in [2.45, 2.75) is 23.9 Å². The largest absolute Gasteiger partial charge is 0.377 e. The SMILES string of the molecule is CCNC(=O)Nc1ccc(-c2nc3c(c(N4CCOC[C@@H]4I)n2)CCN(C=O)C3)cc1. The van der Waals surface area contributed by atoms with Gasteiger partial charge in [0, 0.05) is 36.4 Å². The van der Waals surface area contributed by atoms with Gasteiger partial charge in [-0.2, -0.15) is 0 Å². The molecule has 0 unspecified atom stereocenters. The number of hydrogen-bond donors (Lipinski definition) is 2. The molecule has 1 atom stereocenters. The number of carbonyl (C=O) groups excluding carboxylic acids is 2. The fourth-order valence-electron chi connectivity index (χ4n) is 3.74. The number of fused-ring (bicyclic) bond motifs is 1. The molecule has 1 aromatic heterocycles. The van der Waals surface area contributed by atoms with Crippen LogP contribution in [0.1, 0.15) is 18.2 Å². The van der Waals surface area contributed by atoms with Crippen LogP contribution in [0.3, 0.4) is 0 Å². The Bertz CT molecular complexity index is 955. The molecule has 0 saturated carbocycles. The molecule has 2 N–H and O–H groups in total. The Balaban J connectivity index is 1.68. The molecule has 1 saturated heterocycles. The van der Waals surface area contributed by atoms with Gasteiger partial charge < -0.3 is 25.2 Å². The van der Waals surface area contributed by atoms with Crippen molar-refractivity contribution in [3.63, 3.8) is 0 Å². The van der Waals surface area contributed by atoms with Crippen LogP contribution in [0.25, 0.3) is 11.4 Å². The summed E-state index contributed by atoms with van der Waals surface area (Å²) >= 11 is 2.38. The first-order valence-electron chi connectivity index (χ1n) is 10.3. The highest BCUT2D eigenvalue weighted by Crippen LogP contribution is 2.32. The highest BCUT2D eigenvalue weighted by atomic mass is 127. The van der Waals surface area contributed by atoms with Crippen LogP contribution in [0.15, 0.2) is 24.3 Å². The summed E-state index contributed by atoms with van der Waals surface area (Å²) in [6.07, 6.45) is 1.61. The van der Waals surface area contributed by atoms with Crippen molar-refractivity contribution in [3.8, 4) is 11.4 Å². The Kier molecular flexibility index (Phi) is 6.86. The minimum atomic E-state index is -0.239. The van der Waals surface area contributed by atoms with E-state index < -0.39 is 0 Å². The summed E-state index contributed by atoms with van der Waals surface area (Å²) < 4.78 is 5.79. The standard InChI is InChI=1S/C21H25IN6O3/c1-2-23-21(30)24-15-5-3-14(4-6-15)19-25-17-11-27(13-29)8-7-16(17)20(26-19)28-9-10-31-12-18(28)22/h3-6,13,18H,2,7-12H2,1H3,(H2,23,24,30)/t18-/m1/s1. The second-order valence-electron chi connectivity index (χ2n) is 7.39. The maximum Gasteiger partial charge on any atom is 0.319 e. The topological polar surface area (TPSA) is 99.7 Å². The Morgan fingerprint density at radius 1 is 1.29 bits per heavy atom. The number of aromatic nitrogens is 2. The zero-order valence-electron chi connectivity index (χ0n) is 17.3. The van der Waals surface area contributed by atoms with E-state index in [0.717, 1.165) is 42.0 Å². The summed E-state index contributed by atoms with van der Waals surface area (Å²) in [5, 5.41) is 5.50. The number of rotatable bonds is 5. The van der Waals surface area contributed by atoms with Crippen LogP contribution < -0.4 is 15.5 Å². The second kappa shape index (κ2) is 9.77. The summed E-state index contributed by atoms with van der Waals surface area (Å²) in [4.78, 5) is 36.9. The molecule has 0 radical (unpaired) electrons. The number of alkyl halides is 1. The van der Waals surface area contributed by atoms with Gasteiger partial charge in [0.2, 0.25) is 6.41 Å². The van der Waals surface area contributed by atoms with E-state index in [1.807, 2.05) is 31.2 Å². The van der Waals surface area contributed by atoms with Gasteiger partial charge in [0.15, 0.2) is 5.82 Å². The number of anilines is 2. The lowest BCUT2D eigenvalue weighted by Crippen LogP contribution is -2.44. The molecular formula is C21H25IN6O3. The van der Waals surface area contributed by atoms with Gasteiger partial charge in [-0.15, -0.1) is 0 Å². The molecule has 3 amide bonds. The number of ether oxygens (including phenoxy) is 1. The number of hydrogen-bond acceptors (Lipinski definition) is 6. The third-order valence-electron chi connectivity index (χ3n) is 5.30. The summed E-state index contributed by atoms with van der Waals surface area (Å²) in [7, 11) is 0.